The highest BCUT2D eigenvalue weighted by Crippen LogP contribution is 2.41. The van der Waals surface area contributed by atoms with E-state index in [-0.39, 0.29) is 0 Å². The summed E-state index contributed by atoms with van der Waals surface area (Å²) in [6, 6.07) is 0. The average molecular weight is 220 g/mol. The maximum Gasteiger partial charge on any atom is 0.248 e. The Hall–Kier alpha value is -1.92. The Morgan fingerprint density at radius 2 is 2.31 bits per heavy atom. The van der Waals surface area contributed by atoms with Crippen molar-refractivity contribution in [3.63, 3.8) is 0 Å². The van der Waals surface area contributed by atoms with E-state index in [9.17, 15) is 0 Å². The van der Waals surface area contributed by atoms with Crippen molar-refractivity contribution in [1.82, 2.24) is 25.1 Å². The summed E-state index contributed by atoms with van der Waals surface area (Å²) in [6.07, 6.45) is 2.31. The third kappa shape index (κ3) is 1.54. The summed E-state index contributed by atoms with van der Waals surface area (Å²) in [7, 11) is 0. The molecule has 16 heavy (non-hydrogen) atoms. The van der Waals surface area contributed by atoms with E-state index in [1.807, 2.05) is 0 Å². The van der Waals surface area contributed by atoms with Gasteiger partial charge in [-0.15, -0.1) is 5.10 Å². The summed E-state index contributed by atoms with van der Waals surface area (Å²) >= 11 is 0. The Morgan fingerprint density at radius 1 is 1.50 bits per heavy atom. The molecule has 0 aromatic carbocycles. The molecule has 1 aliphatic rings. The van der Waals surface area contributed by atoms with Crippen LogP contribution in [0.2, 0.25) is 0 Å². The van der Waals surface area contributed by atoms with Crippen LogP contribution in [0.25, 0.3) is 0 Å². The van der Waals surface area contributed by atoms with Crippen molar-refractivity contribution in [2.75, 3.05) is 5.73 Å². The molecule has 1 fully saturated rings. The fourth-order valence-electron chi connectivity index (χ4n) is 1.76. The van der Waals surface area contributed by atoms with Crippen molar-refractivity contribution in [3.8, 4) is 0 Å². The Bertz CT molecular complexity index is 512. The van der Waals surface area contributed by atoms with Crippen LogP contribution in [0.3, 0.4) is 0 Å². The van der Waals surface area contributed by atoms with Crippen LogP contribution in [0.4, 0.5) is 5.82 Å². The van der Waals surface area contributed by atoms with E-state index in [0.29, 0.717) is 30.0 Å². The second-order valence-electron chi connectivity index (χ2n) is 4.03. The lowest BCUT2D eigenvalue weighted by molar-refractivity contribution is 0.359. The third-order valence-corrected chi connectivity index (χ3v) is 2.62. The molecule has 0 amide bonds. The number of nitrogens with two attached hydrogens (primary N) is 1. The van der Waals surface area contributed by atoms with E-state index in [2.05, 4.69) is 20.5 Å². The number of rotatable bonds is 3. The van der Waals surface area contributed by atoms with Crippen LogP contribution in [-0.2, 0) is 6.54 Å². The molecule has 2 aromatic rings. The minimum atomic E-state index is 0.441. The first-order valence-corrected chi connectivity index (χ1v) is 5.22. The van der Waals surface area contributed by atoms with Crippen molar-refractivity contribution in [3.05, 3.63) is 17.4 Å². The van der Waals surface area contributed by atoms with Crippen LogP contribution in [0, 0.1) is 6.92 Å². The molecule has 3 rings (SSSR count). The SMILES string of the molecule is Cc1noc(Cn2nnc(N)c2C2CC2)n1. The monoisotopic (exact) mass is 220 g/mol. The smallest absolute Gasteiger partial charge is 0.248 e. The first-order valence-electron chi connectivity index (χ1n) is 5.22. The minimum Gasteiger partial charge on any atom is -0.381 e. The zero-order chi connectivity index (χ0) is 11.1. The Morgan fingerprint density at radius 3 is 2.94 bits per heavy atom. The number of anilines is 1. The van der Waals surface area contributed by atoms with Gasteiger partial charge in [0.2, 0.25) is 5.89 Å². The quantitative estimate of drug-likeness (QED) is 0.808. The summed E-state index contributed by atoms with van der Waals surface area (Å²) in [4.78, 5) is 4.13. The van der Waals surface area contributed by atoms with Crippen molar-refractivity contribution in [2.45, 2.75) is 32.2 Å². The van der Waals surface area contributed by atoms with E-state index in [1.165, 1.54) is 0 Å². The molecule has 7 nitrogen and oxygen atoms in total. The lowest BCUT2D eigenvalue weighted by atomic mass is 10.3. The van der Waals surface area contributed by atoms with Crippen LogP contribution >= 0.6 is 0 Å². The summed E-state index contributed by atoms with van der Waals surface area (Å²) < 4.78 is 6.79. The van der Waals surface area contributed by atoms with E-state index >= 15 is 0 Å². The summed E-state index contributed by atoms with van der Waals surface area (Å²) in [5, 5.41) is 11.6. The van der Waals surface area contributed by atoms with Crippen molar-refractivity contribution >= 4 is 5.82 Å². The molecule has 2 N–H and O–H groups in total. The summed E-state index contributed by atoms with van der Waals surface area (Å²) in [5.41, 5.74) is 6.78. The predicted octanol–water partition coefficient (Wildman–Crippen LogP) is 0.477. The van der Waals surface area contributed by atoms with Crippen LogP contribution in [-0.4, -0.2) is 25.1 Å². The second-order valence-corrected chi connectivity index (χ2v) is 4.03. The molecule has 2 heterocycles. The van der Waals surface area contributed by atoms with Crippen LogP contribution in [0.15, 0.2) is 4.52 Å². The lowest BCUT2D eigenvalue weighted by Gasteiger charge is -2.01. The van der Waals surface area contributed by atoms with Gasteiger partial charge in [-0.05, 0) is 19.8 Å². The van der Waals surface area contributed by atoms with Gasteiger partial charge in [-0.25, -0.2) is 4.68 Å². The van der Waals surface area contributed by atoms with Crippen LogP contribution < -0.4 is 5.73 Å². The first-order chi connectivity index (χ1) is 7.74. The highest BCUT2D eigenvalue weighted by molar-refractivity contribution is 5.38. The fourth-order valence-corrected chi connectivity index (χ4v) is 1.76. The molecule has 0 atom stereocenters. The molecule has 0 aliphatic heterocycles. The standard InChI is InChI=1S/C9H12N6O/c1-5-11-7(16-13-5)4-15-8(6-2-3-6)9(10)12-14-15/h6H,2-4,10H2,1H3. The lowest BCUT2D eigenvalue weighted by Crippen LogP contribution is -2.07. The second kappa shape index (κ2) is 3.29. The van der Waals surface area contributed by atoms with E-state index in [0.717, 1.165) is 18.5 Å². The number of aryl methyl sites for hydroxylation is 1. The molecule has 84 valence electrons. The largest absolute Gasteiger partial charge is 0.381 e. The predicted molar refractivity (Wildman–Crippen MR) is 54.5 cm³/mol. The third-order valence-electron chi connectivity index (χ3n) is 2.62. The first kappa shape index (κ1) is 9.32. The van der Waals surface area contributed by atoms with Gasteiger partial charge in [0.05, 0.1) is 5.69 Å². The molecular weight excluding hydrogens is 208 g/mol. The van der Waals surface area contributed by atoms with Crippen molar-refractivity contribution in [1.29, 1.82) is 0 Å². The summed E-state index contributed by atoms with van der Waals surface area (Å²) in [6.45, 7) is 2.22. The molecule has 1 saturated carbocycles. The molecule has 7 heteroatoms. The van der Waals surface area contributed by atoms with Gasteiger partial charge in [0.1, 0.15) is 6.54 Å². The fraction of sp³-hybridized carbons (Fsp3) is 0.556. The normalized spacial score (nSPS) is 15.6. The van der Waals surface area contributed by atoms with Gasteiger partial charge in [0, 0.05) is 5.92 Å². The molecular formula is C9H12N6O. The van der Waals surface area contributed by atoms with E-state index in [1.54, 1.807) is 11.6 Å². The van der Waals surface area contributed by atoms with E-state index < -0.39 is 0 Å². The Labute approximate surface area is 91.6 Å². The zero-order valence-corrected chi connectivity index (χ0v) is 8.92. The van der Waals surface area contributed by atoms with Gasteiger partial charge in [-0.1, -0.05) is 10.4 Å². The topological polar surface area (TPSA) is 95.7 Å². The number of aromatic nitrogens is 5. The van der Waals surface area contributed by atoms with E-state index in [4.69, 9.17) is 10.3 Å². The summed E-state index contributed by atoms with van der Waals surface area (Å²) in [5.74, 6) is 2.16. The van der Waals surface area contributed by atoms with Crippen molar-refractivity contribution < 1.29 is 4.52 Å². The highest BCUT2D eigenvalue weighted by atomic mass is 16.5. The number of hydrogen-bond acceptors (Lipinski definition) is 6. The maximum atomic E-state index is 5.78. The van der Waals surface area contributed by atoms with Gasteiger partial charge in [0.15, 0.2) is 11.6 Å². The molecule has 0 unspecified atom stereocenters. The van der Waals surface area contributed by atoms with Gasteiger partial charge >= 0.3 is 0 Å². The number of nitrogen functional groups attached to an aromatic ring is 1. The zero-order valence-electron chi connectivity index (χ0n) is 8.92. The van der Waals surface area contributed by atoms with Crippen molar-refractivity contribution in [2.24, 2.45) is 0 Å². The van der Waals surface area contributed by atoms with Gasteiger partial charge in [-0.2, -0.15) is 4.98 Å². The van der Waals surface area contributed by atoms with Crippen LogP contribution in [0.5, 0.6) is 0 Å². The Kier molecular flexibility index (Phi) is 1.92. The maximum absolute atomic E-state index is 5.78. The van der Waals surface area contributed by atoms with Gasteiger partial charge < -0.3 is 10.3 Å². The number of hydrogen-bond donors (Lipinski definition) is 1. The molecule has 0 bridgehead atoms. The molecule has 0 radical (unpaired) electrons. The molecule has 0 saturated heterocycles. The van der Waals surface area contributed by atoms with Gasteiger partial charge in [-0.3, -0.25) is 0 Å². The van der Waals surface area contributed by atoms with Crippen LogP contribution in [0.1, 0.15) is 36.2 Å². The van der Waals surface area contributed by atoms with Gasteiger partial charge in [0.25, 0.3) is 0 Å². The molecule has 2 aromatic heterocycles. The highest BCUT2D eigenvalue weighted by Gasteiger charge is 2.30. The average Bonchev–Trinajstić information content (AvgIpc) is 2.91. The molecule has 1 aliphatic carbocycles. The minimum absolute atomic E-state index is 0.441. The molecule has 0 spiro atoms. The number of nitrogens with zero attached hydrogens (tertiary/aromatic N) is 5. The Balaban J connectivity index is 1.89.